The minimum absolute atomic E-state index is 0.579. The summed E-state index contributed by atoms with van der Waals surface area (Å²) in [6.45, 7) is 1.70. The summed E-state index contributed by atoms with van der Waals surface area (Å²) < 4.78 is 0. The molecule has 0 aromatic heterocycles. The fraction of sp³-hybridized carbons (Fsp3) is 0.364. The van der Waals surface area contributed by atoms with E-state index in [1.54, 1.807) is 13.0 Å². The van der Waals surface area contributed by atoms with Gasteiger partial charge in [0.15, 0.2) is 0 Å². The maximum absolute atomic E-state index is 11.1. The van der Waals surface area contributed by atoms with Crippen LogP contribution >= 0.6 is 11.6 Å². The average Bonchev–Trinajstić information content (AvgIpc) is 2.18. The fourth-order valence-electron chi connectivity index (χ4n) is 1.80. The first-order valence-electron chi connectivity index (χ1n) is 4.81. The number of anilines is 1. The summed E-state index contributed by atoms with van der Waals surface area (Å²) in [5, 5.41) is 12.8. The molecule has 0 aliphatic carbocycles. The summed E-state index contributed by atoms with van der Waals surface area (Å²) >= 11 is 5.87. The second-order valence-electron chi connectivity index (χ2n) is 4.06. The maximum atomic E-state index is 11.1. The van der Waals surface area contributed by atoms with E-state index in [1.807, 2.05) is 12.1 Å². The molecule has 2 N–H and O–H groups in total. The van der Waals surface area contributed by atoms with Crippen molar-refractivity contribution in [3.05, 3.63) is 28.8 Å². The summed E-state index contributed by atoms with van der Waals surface area (Å²) in [4.78, 5) is 11.1. The summed E-state index contributed by atoms with van der Waals surface area (Å²) in [5.41, 5.74) is 1.10. The third-order valence-electron chi connectivity index (χ3n) is 2.84. The van der Waals surface area contributed by atoms with Crippen LogP contribution in [0, 0.1) is 0 Å². The lowest BCUT2D eigenvalue weighted by molar-refractivity contribution is -0.142. The van der Waals surface area contributed by atoms with Gasteiger partial charge in [0.1, 0.15) is 5.54 Å². The Kier molecular flexibility index (Phi) is 2.35. The Morgan fingerprint density at radius 3 is 3.00 bits per heavy atom. The van der Waals surface area contributed by atoms with Crippen LogP contribution in [0.15, 0.2) is 18.2 Å². The molecule has 0 spiro atoms. The van der Waals surface area contributed by atoms with Crippen molar-refractivity contribution in [2.75, 3.05) is 5.32 Å². The van der Waals surface area contributed by atoms with Crippen molar-refractivity contribution in [3.63, 3.8) is 0 Å². The number of hydrogen-bond donors (Lipinski definition) is 2. The van der Waals surface area contributed by atoms with Gasteiger partial charge in [-0.2, -0.15) is 0 Å². The molecule has 0 amide bonds. The normalized spacial score (nSPS) is 24.1. The number of carbonyl (C=O) groups is 1. The lowest BCUT2D eigenvalue weighted by Crippen LogP contribution is -2.46. The van der Waals surface area contributed by atoms with Gasteiger partial charge in [-0.25, -0.2) is 4.79 Å². The van der Waals surface area contributed by atoms with E-state index in [2.05, 4.69) is 5.32 Å². The molecule has 1 aliphatic rings. The van der Waals surface area contributed by atoms with E-state index < -0.39 is 11.5 Å². The molecule has 4 heteroatoms. The number of halogens is 1. The Morgan fingerprint density at radius 2 is 2.33 bits per heavy atom. The van der Waals surface area contributed by atoms with Crippen molar-refractivity contribution in [2.45, 2.75) is 25.3 Å². The van der Waals surface area contributed by atoms with Gasteiger partial charge in [0, 0.05) is 10.7 Å². The summed E-state index contributed by atoms with van der Waals surface area (Å²) in [6, 6.07) is 5.48. The van der Waals surface area contributed by atoms with Crippen molar-refractivity contribution in [1.82, 2.24) is 0 Å². The van der Waals surface area contributed by atoms with Crippen molar-refractivity contribution >= 4 is 23.3 Å². The predicted octanol–water partition coefficient (Wildman–Crippen LogP) is 2.54. The van der Waals surface area contributed by atoms with Gasteiger partial charge < -0.3 is 10.4 Å². The molecular weight excluding hydrogens is 214 g/mol. The van der Waals surface area contributed by atoms with E-state index in [4.69, 9.17) is 16.7 Å². The fourth-order valence-corrected chi connectivity index (χ4v) is 1.99. The highest BCUT2D eigenvalue weighted by Crippen LogP contribution is 2.32. The molecule has 1 atom stereocenters. The zero-order valence-electron chi connectivity index (χ0n) is 8.38. The zero-order chi connectivity index (χ0) is 11.1. The van der Waals surface area contributed by atoms with Gasteiger partial charge in [-0.3, -0.25) is 0 Å². The van der Waals surface area contributed by atoms with E-state index in [0.717, 1.165) is 17.7 Å². The molecule has 80 valence electrons. The van der Waals surface area contributed by atoms with E-state index >= 15 is 0 Å². The molecule has 1 aliphatic heterocycles. The highest BCUT2D eigenvalue weighted by Gasteiger charge is 2.36. The molecule has 0 saturated heterocycles. The third kappa shape index (κ3) is 1.79. The first-order valence-corrected chi connectivity index (χ1v) is 5.19. The number of rotatable bonds is 1. The van der Waals surface area contributed by atoms with Gasteiger partial charge in [-0.1, -0.05) is 11.6 Å². The van der Waals surface area contributed by atoms with E-state index in [-0.39, 0.29) is 0 Å². The maximum Gasteiger partial charge on any atom is 0.329 e. The quantitative estimate of drug-likeness (QED) is 0.772. The van der Waals surface area contributed by atoms with E-state index in [0.29, 0.717) is 11.4 Å². The highest BCUT2D eigenvalue weighted by molar-refractivity contribution is 6.30. The SMILES string of the molecule is CC1(C(=O)O)CCc2cc(Cl)ccc2N1. The van der Waals surface area contributed by atoms with Crippen LogP contribution in [-0.2, 0) is 11.2 Å². The molecule has 15 heavy (non-hydrogen) atoms. The van der Waals surface area contributed by atoms with Crippen LogP contribution in [0.2, 0.25) is 5.02 Å². The predicted molar refractivity (Wildman–Crippen MR) is 59.4 cm³/mol. The van der Waals surface area contributed by atoms with Gasteiger partial charge >= 0.3 is 5.97 Å². The first-order chi connectivity index (χ1) is 7.01. The Bertz CT molecular complexity index is 419. The minimum Gasteiger partial charge on any atom is -0.480 e. The molecule has 0 saturated carbocycles. The average molecular weight is 226 g/mol. The Labute approximate surface area is 93.1 Å². The van der Waals surface area contributed by atoms with Gasteiger partial charge in [0.2, 0.25) is 0 Å². The van der Waals surface area contributed by atoms with Gasteiger partial charge in [-0.15, -0.1) is 0 Å². The number of carboxylic acids is 1. The van der Waals surface area contributed by atoms with Crippen molar-refractivity contribution in [3.8, 4) is 0 Å². The summed E-state index contributed by atoms with van der Waals surface area (Å²) in [5.74, 6) is -0.817. The Morgan fingerprint density at radius 1 is 1.60 bits per heavy atom. The molecule has 3 nitrogen and oxygen atoms in total. The molecule has 0 fully saturated rings. The molecule has 0 bridgehead atoms. The monoisotopic (exact) mass is 225 g/mol. The largest absolute Gasteiger partial charge is 0.480 e. The molecular formula is C11H12ClNO2. The second kappa shape index (κ2) is 3.42. The topological polar surface area (TPSA) is 49.3 Å². The molecule has 1 unspecified atom stereocenters. The standard InChI is InChI=1S/C11H12ClNO2/c1-11(10(14)15)5-4-7-6-8(12)2-3-9(7)13-11/h2-3,6,13H,4-5H2,1H3,(H,14,15). The minimum atomic E-state index is -0.860. The van der Waals surface area contributed by atoms with Gasteiger partial charge in [-0.05, 0) is 43.5 Å². The molecule has 1 aromatic rings. The number of benzene rings is 1. The van der Waals surface area contributed by atoms with Crippen LogP contribution in [0.5, 0.6) is 0 Å². The highest BCUT2D eigenvalue weighted by atomic mass is 35.5. The lowest BCUT2D eigenvalue weighted by Gasteiger charge is -2.33. The molecule has 1 heterocycles. The Balaban J connectivity index is 2.35. The summed E-state index contributed by atoms with van der Waals surface area (Å²) in [6.07, 6.45) is 1.32. The number of hydrogen-bond acceptors (Lipinski definition) is 2. The van der Waals surface area contributed by atoms with Crippen LogP contribution in [0.1, 0.15) is 18.9 Å². The van der Waals surface area contributed by atoms with Gasteiger partial charge in [0.05, 0.1) is 0 Å². The van der Waals surface area contributed by atoms with E-state index in [1.165, 1.54) is 0 Å². The first kappa shape index (κ1) is 10.3. The van der Waals surface area contributed by atoms with Crippen LogP contribution in [0.3, 0.4) is 0 Å². The van der Waals surface area contributed by atoms with Gasteiger partial charge in [0.25, 0.3) is 0 Å². The van der Waals surface area contributed by atoms with Crippen LogP contribution < -0.4 is 5.32 Å². The zero-order valence-corrected chi connectivity index (χ0v) is 9.14. The number of aryl methyl sites for hydroxylation is 1. The smallest absolute Gasteiger partial charge is 0.329 e. The molecule has 1 aromatic carbocycles. The number of fused-ring (bicyclic) bond motifs is 1. The third-order valence-corrected chi connectivity index (χ3v) is 3.08. The van der Waals surface area contributed by atoms with Crippen LogP contribution in [0.4, 0.5) is 5.69 Å². The second-order valence-corrected chi connectivity index (χ2v) is 4.50. The molecule has 2 rings (SSSR count). The number of nitrogens with one attached hydrogen (secondary N) is 1. The van der Waals surface area contributed by atoms with Crippen LogP contribution in [0.25, 0.3) is 0 Å². The number of carboxylic acid groups (broad SMARTS) is 1. The van der Waals surface area contributed by atoms with Crippen molar-refractivity contribution < 1.29 is 9.90 Å². The van der Waals surface area contributed by atoms with Crippen LogP contribution in [-0.4, -0.2) is 16.6 Å². The molecule has 0 radical (unpaired) electrons. The number of aliphatic carboxylic acids is 1. The van der Waals surface area contributed by atoms with Crippen molar-refractivity contribution in [1.29, 1.82) is 0 Å². The van der Waals surface area contributed by atoms with E-state index in [9.17, 15) is 4.79 Å². The van der Waals surface area contributed by atoms with Crippen molar-refractivity contribution in [2.24, 2.45) is 0 Å². The Hall–Kier alpha value is -1.22. The summed E-state index contributed by atoms with van der Waals surface area (Å²) in [7, 11) is 0. The lowest BCUT2D eigenvalue weighted by atomic mass is 9.88.